The van der Waals surface area contributed by atoms with Crippen LogP contribution in [0.3, 0.4) is 0 Å². The number of anilines is 1. The second-order valence-corrected chi connectivity index (χ2v) is 7.70. The molecule has 10 heteroatoms. The second-order valence-electron chi connectivity index (χ2n) is 5.26. The molecule has 0 aliphatic rings. The molecule has 0 fully saturated rings. The Morgan fingerprint density at radius 3 is 2.56 bits per heavy atom. The number of rotatable bonds is 7. The van der Waals surface area contributed by atoms with Crippen LogP contribution < -0.4 is 15.2 Å². The molecule has 0 saturated carbocycles. The minimum Gasteiger partial charge on any atom is -0.496 e. The number of thioether (sulfide) groups is 1. The van der Waals surface area contributed by atoms with Gasteiger partial charge in [0.15, 0.2) is 6.61 Å². The van der Waals surface area contributed by atoms with E-state index < -0.39 is 28.5 Å². The highest BCUT2D eigenvalue weighted by Gasteiger charge is 2.16. The van der Waals surface area contributed by atoms with Gasteiger partial charge in [-0.05, 0) is 42.7 Å². The van der Waals surface area contributed by atoms with Gasteiger partial charge in [0, 0.05) is 10.6 Å². The van der Waals surface area contributed by atoms with Crippen molar-refractivity contribution in [3.05, 3.63) is 48.0 Å². The number of hydrogen-bond acceptors (Lipinski definition) is 7. The smallest absolute Gasteiger partial charge is 0.342 e. The van der Waals surface area contributed by atoms with Crippen LogP contribution in [0, 0.1) is 0 Å². The van der Waals surface area contributed by atoms with Crippen molar-refractivity contribution in [2.24, 2.45) is 5.14 Å². The minimum absolute atomic E-state index is 0.143. The van der Waals surface area contributed by atoms with Crippen molar-refractivity contribution in [2.45, 2.75) is 9.79 Å². The molecule has 1 amide bonds. The molecule has 0 unspecified atom stereocenters. The molecule has 2 aromatic carbocycles. The van der Waals surface area contributed by atoms with Crippen LogP contribution in [-0.2, 0) is 19.6 Å². The zero-order valence-electron chi connectivity index (χ0n) is 14.6. The van der Waals surface area contributed by atoms with Crippen molar-refractivity contribution >= 4 is 39.3 Å². The number of ether oxygens (including phenoxy) is 2. The first-order valence-electron chi connectivity index (χ1n) is 7.56. The lowest BCUT2D eigenvalue weighted by Crippen LogP contribution is -2.21. The number of nitrogens with one attached hydrogen (secondary N) is 1. The lowest BCUT2D eigenvalue weighted by Gasteiger charge is -2.10. The number of benzene rings is 2. The number of carbonyl (C=O) groups excluding carboxylic acids is 2. The maximum Gasteiger partial charge on any atom is 0.342 e. The number of methoxy groups -OCH3 is 1. The van der Waals surface area contributed by atoms with Gasteiger partial charge in [0.1, 0.15) is 11.3 Å². The first kappa shape index (κ1) is 20.7. The van der Waals surface area contributed by atoms with E-state index in [0.29, 0.717) is 5.75 Å². The topological polar surface area (TPSA) is 125 Å². The van der Waals surface area contributed by atoms with Crippen molar-refractivity contribution in [3.63, 3.8) is 0 Å². The van der Waals surface area contributed by atoms with Crippen LogP contribution in [-0.4, -0.2) is 40.3 Å². The van der Waals surface area contributed by atoms with E-state index in [9.17, 15) is 18.0 Å². The monoisotopic (exact) mass is 410 g/mol. The molecular weight excluding hydrogens is 392 g/mol. The number of carbonyl (C=O) groups is 2. The largest absolute Gasteiger partial charge is 0.496 e. The molecule has 0 radical (unpaired) electrons. The summed E-state index contributed by atoms with van der Waals surface area (Å²) in [5.41, 5.74) is 0.406. The quantitative estimate of drug-likeness (QED) is 0.527. The van der Waals surface area contributed by atoms with E-state index in [1.807, 2.05) is 6.26 Å². The predicted molar refractivity (Wildman–Crippen MR) is 102 cm³/mol. The van der Waals surface area contributed by atoms with Crippen molar-refractivity contribution in [2.75, 3.05) is 25.3 Å². The second kappa shape index (κ2) is 8.89. The van der Waals surface area contributed by atoms with Gasteiger partial charge in [0.25, 0.3) is 5.91 Å². The maximum atomic E-state index is 12.2. The zero-order valence-corrected chi connectivity index (χ0v) is 16.2. The Labute approximate surface area is 161 Å². The summed E-state index contributed by atoms with van der Waals surface area (Å²) in [5.74, 6) is -1.00. The fourth-order valence-corrected chi connectivity index (χ4v) is 3.11. The van der Waals surface area contributed by atoms with Crippen molar-refractivity contribution in [3.8, 4) is 5.75 Å². The van der Waals surface area contributed by atoms with E-state index in [1.54, 1.807) is 18.2 Å². The summed E-state index contributed by atoms with van der Waals surface area (Å²) < 4.78 is 32.8. The molecule has 0 aliphatic carbocycles. The summed E-state index contributed by atoms with van der Waals surface area (Å²) in [6.07, 6.45) is 1.89. The molecule has 3 N–H and O–H groups in total. The van der Waals surface area contributed by atoms with Gasteiger partial charge in [-0.15, -0.1) is 11.8 Å². The molecule has 0 aliphatic heterocycles. The van der Waals surface area contributed by atoms with Crippen LogP contribution in [0.5, 0.6) is 5.75 Å². The third-order valence-corrected chi connectivity index (χ3v) is 5.05. The van der Waals surface area contributed by atoms with Gasteiger partial charge in [-0.25, -0.2) is 18.4 Å². The fraction of sp³-hybridized carbons (Fsp3) is 0.176. The Kier molecular flexibility index (Phi) is 6.83. The number of nitrogens with two attached hydrogens (primary N) is 1. The molecule has 0 spiro atoms. The average molecular weight is 410 g/mol. The molecule has 0 atom stereocenters. The molecule has 2 aromatic rings. The highest BCUT2D eigenvalue weighted by molar-refractivity contribution is 7.98. The van der Waals surface area contributed by atoms with Crippen LogP contribution >= 0.6 is 11.8 Å². The molecular formula is C17H18N2O6S2. The summed E-state index contributed by atoms with van der Waals surface area (Å²) in [7, 11) is -2.46. The molecule has 0 bridgehead atoms. The molecule has 2 rings (SSSR count). The predicted octanol–water partition coefficient (Wildman–Crippen LogP) is 1.86. The Morgan fingerprint density at radius 2 is 1.93 bits per heavy atom. The van der Waals surface area contributed by atoms with Crippen molar-refractivity contribution in [1.82, 2.24) is 0 Å². The van der Waals surface area contributed by atoms with Crippen molar-refractivity contribution in [1.29, 1.82) is 0 Å². The molecule has 27 heavy (non-hydrogen) atoms. The van der Waals surface area contributed by atoms with E-state index >= 15 is 0 Å². The van der Waals surface area contributed by atoms with Crippen molar-refractivity contribution < 1.29 is 27.5 Å². The summed E-state index contributed by atoms with van der Waals surface area (Å²) >= 11 is 1.49. The number of primary sulfonamides is 1. The highest BCUT2D eigenvalue weighted by atomic mass is 32.2. The molecule has 0 saturated heterocycles. The average Bonchev–Trinajstić information content (AvgIpc) is 2.65. The Bertz CT molecular complexity index is 960. The summed E-state index contributed by atoms with van der Waals surface area (Å²) in [4.78, 5) is 24.9. The standard InChI is InChI=1S/C17H18N2O6S2/c1-24-15-9-12(26-2)6-7-14(15)17(21)25-10-16(20)19-11-4-3-5-13(8-11)27(18,22)23/h3-9H,10H2,1-2H3,(H,19,20)(H2,18,22,23). The molecule has 144 valence electrons. The molecule has 0 heterocycles. The summed E-state index contributed by atoms with van der Waals surface area (Å²) in [6.45, 7) is -0.550. The normalized spacial score (nSPS) is 10.9. The lowest BCUT2D eigenvalue weighted by molar-refractivity contribution is -0.119. The van der Waals surface area contributed by atoms with Gasteiger partial charge >= 0.3 is 5.97 Å². The number of esters is 1. The van der Waals surface area contributed by atoms with E-state index in [2.05, 4.69) is 5.32 Å². The first-order valence-corrected chi connectivity index (χ1v) is 10.3. The van der Waals surface area contributed by atoms with Crippen LogP contribution in [0.15, 0.2) is 52.3 Å². The van der Waals surface area contributed by atoms with E-state index in [1.165, 1.54) is 43.1 Å². The van der Waals surface area contributed by atoms with Crippen LogP contribution in [0.2, 0.25) is 0 Å². The highest BCUT2D eigenvalue weighted by Crippen LogP contribution is 2.26. The van der Waals surface area contributed by atoms with Gasteiger partial charge in [-0.3, -0.25) is 4.79 Å². The van der Waals surface area contributed by atoms with Gasteiger partial charge in [0.05, 0.1) is 12.0 Å². The Hall–Kier alpha value is -2.56. The lowest BCUT2D eigenvalue weighted by atomic mass is 10.2. The molecule has 0 aromatic heterocycles. The SMILES string of the molecule is COc1cc(SC)ccc1C(=O)OCC(=O)Nc1cccc(S(N)(=O)=O)c1. The van der Waals surface area contributed by atoms with Gasteiger partial charge < -0.3 is 14.8 Å². The van der Waals surface area contributed by atoms with E-state index in [0.717, 1.165) is 4.90 Å². The van der Waals surface area contributed by atoms with Crippen LogP contribution in [0.25, 0.3) is 0 Å². The number of hydrogen-bond donors (Lipinski definition) is 2. The number of sulfonamides is 1. The van der Waals surface area contributed by atoms with E-state index in [-0.39, 0.29) is 16.1 Å². The summed E-state index contributed by atoms with van der Waals surface area (Å²) in [6, 6.07) is 10.4. The minimum atomic E-state index is -3.89. The Balaban J connectivity index is 2.01. The Morgan fingerprint density at radius 1 is 1.19 bits per heavy atom. The first-order chi connectivity index (χ1) is 12.7. The molecule has 8 nitrogen and oxygen atoms in total. The van der Waals surface area contributed by atoms with Gasteiger partial charge in [0.2, 0.25) is 10.0 Å². The maximum absolute atomic E-state index is 12.2. The van der Waals surface area contributed by atoms with Gasteiger partial charge in [-0.2, -0.15) is 0 Å². The third kappa shape index (κ3) is 5.71. The zero-order chi connectivity index (χ0) is 20.0. The van der Waals surface area contributed by atoms with Crippen LogP contribution in [0.1, 0.15) is 10.4 Å². The fourth-order valence-electron chi connectivity index (χ4n) is 2.12. The summed E-state index contributed by atoms with van der Waals surface area (Å²) in [5, 5.41) is 7.48. The van der Waals surface area contributed by atoms with Crippen LogP contribution in [0.4, 0.5) is 5.69 Å². The van der Waals surface area contributed by atoms with Gasteiger partial charge in [-0.1, -0.05) is 6.07 Å². The third-order valence-electron chi connectivity index (χ3n) is 3.41. The van der Waals surface area contributed by atoms with E-state index in [4.69, 9.17) is 14.6 Å². The number of amides is 1.